The minimum atomic E-state index is -0.410. The monoisotopic (exact) mass is 741 g/mol. The number of rotatable bonds is 7. The number of carbonyl (C=O) groups excluding carboxylic acids is 1. The number of ketones is 1. The lowest BCUT2D eigenvalue weighted by atomic mass is 9.84. The fraction of sp³-hybridized carbons (Fsp3) is 0.0182. The van der Waals surface area contributed by atoms with Crippen molar-refractivity contribution in [1.29, 1.82) is 0 Å². The summed E-state index contributed by atoms with van der Waals surface area (Å²) in [5, 5.41) is 8.13. The zero-order valence-corrected chi connectivity index (χ0v) is 31.5. The van der Waals surface area contributed by atoms with Crippen LogP contribution in [0.2, 0.25) is 0 Å². The molecule has 0 radical (unpaired) electrons. The Labute approximate surface area is 335 Å². The smallest absolute Gasteiger partial charge is 0.174 e. The molecule has 9 aromatic carbocycles. The van der Waals surface area contributed by atoms with Crippen LogP contribution in [0, 0.1) is 0 Å². The van der Waals surface area contributed by atoms with Crippen LogP contribution in [-0.4, -0.2) is 10.8 Å². The zero-order valence-electron chi connectivity index (χ0n) is 31.5. The average Bonchev–Trinajstić information content (AvgIpc) is 3.69. The van der Waals surface area contributed by atoms with Crippen LogP contribution < -0.4 is 0 Å². The minimum absolute atomic E-state index is 0.0801. The number of hydrogen-bond acceptors (Lipinski definition) is 3. The van der Waals surface area contributed by atoms with E-state index in [1.54, 1.807) is 0 Å². The summed E-state index contributed by atoms with van der Waals surface area (Å²) in [4.78, 5) is 19.3. The van der Waals surface area contributed by atoms with Gasteiger partial charge in [0, 0.05) is 27.3 Å². The van der Waals surface area contributed by atoms with Gasteiger partial charge in [-0.15, -0.1) is 0 Å². The number of benzene rings is 9. The summed E-state index contributed by atoms with van der Waals surface area (Å²) in [6, 6.07) is 71.0. The van der Waals surface area contributed by atoms with Crippen molar-refractivity contribution in [3.8, 4) is 33.5 Å². The van der Waals surface area contributed by atoms with Crippen molar-refractivity contribution >= 4 is 60.2 Å². The van der Waals surface area contributed by atoms with Crippen molar-refractivity contribution < 1.29 is 9.21 Å². The maximum Gasteiger partial charge on any atom is 0.174 e. The fourth-order valence-electron chi connectivity index (χ4n) is 8.76. The lowest BCUT2D eigenvalue weighted by molar-refractivity contribution is 0.0974. The van der Waals surface area contributed by atoms with Gasteiger partial charge in [-0.1, -0.05) is 176 Å². The van der Waals surface area contributed by atoms with E-state index in [0.29, 0.717) is 5.56 Å². The first-order valence-electron chi connectivity index (χ1n) is 19.7. The normalized spacial score (nSPS) is 12.1. The number of pyridine rings is 1. The summed E-state index contributed by atoms with van der Waals surface area (Å²) in [6.45, 7) is 0. The number of Topliss-reactive ketones (excluding diaryl/α,β-unsaturated/α-hetero) is 1. The molecule has 2 heterocycles. The van der Waals surface area contributed by atoms with Gasteiger partial charge in [-0.2, -0.15) is 0 Å². The van der Waals surface area contributed by atoms with Crippen LogP contribution in [0.5, 0.6) is 0 Å². The highest BCUT2D eigenvalue weighted by Gasteiger charge is 2.24. The molecule has 11 rings (SSSR count). The van der Waals surface area contributed by atoms with Gasteiger partial charge in [0.2, 0.25) is 0 Å². The molecule has 0 spiro atoms. The number of para-hydroxylation sites is 1. The number of aromatic nitrogens is 1. The molecule has 0 saturated carbocycles. The lowest BCUT2D eigenvalue weighted by Gasteiger charge is -2.18. The van der Waals surface area contributed by atoms with Gasteiger partial charge in [0.05, 0.1) is 11.4 Å². The predicted octanol–water partition coefficient (Wildman–Crippen LogP) is 14.5. The molecule has 0 bridgehead atoms. The van der Waals surface area contributed by atoms with Gasteiger partial charge in [0.1, 0.15) is 11.3 Å². The molecule has 1 atom stereocenters. The van der Waals surface area contributed by atoms with Crippen molar-refractivity contribution in [3.63, 3.8) is 0 Å². The van der Waals surface area contributed by atoms with Crippen molar-refractivity contribution in [1.82, 2.24) is 4.98 Å². The number of fused-ring (bicyclic) bond motifs is 8. The fourth-order valence-corrected chi connectivity index (χ4v) is 8.76. The van der Waals surface area contributed by atoms with E-state index >= 15 is 0 Å². The topological polar surface area (TPSA) is 43.1 Å². The standard InChI is InChI=1S/C55H35NO2/c57-54(38-16-5-2-6-17-38)51(36-14-3-1-4-15-36)37-28-26-35(27-29-37)39-19-13-20-42(32-39)53-55-52(46-24-11-12-25-50(46)58-55)48-34-41(30-31-49(48)56-53)47-33-40-18-7-8-21-43(40)44-22-9-10-23-45(44)47/h1-34,51H. The average molecular weight is 742 g/mol. The Morgan fingerprint density at radius 1 is 0.448 bits per heavy atom. The third-order valence-electron chi connectivity index (χ3n) is 11.6. The predicted molar refractivity (Wildman–Crippen MR) is 239 cm³/mol. The van der Waals surface area contributed by atoms with Crippen LogP contribution >= 0.6 is 0 Å². The van der Waals surface area contributed by atoms with E-state index in [1.807, 2.05) is 72.8 Å². The molecule has 11 aromatic rings. The van der Waals surface area contributed by atoms with Gasteiger partial charge in [0.15, 0.2) is 11.4 Å². The molecule has 58 heavy (non-hydrogen) atoms. The van der Waals surface area contributed by atoms with E-state index in [0.717, 1.165) is 71.9 Å². The third-order valence-corrected chi connectivity index (χ3v) is 11.6. The van der Waals surface area contributed by atoms with Crippen LogP contribution in [0.25, 0.3) is 87.9 Å². The number of nitrogens with zero attached hydrogens (tertiary/aromatic N) is 1. The minimum Gasteiger partial charge on any atom is -0.454 e. The molecule has 0 aliphatic carbocycles. The van der Waals surface area contributed by atoms with Gasteiger partial charge in [0.25, 0.3) is 0 Å². The highest BCUT2D eigenvalue weighted by Crippen LogP contribution is 2.43. The maximum atomic E-state index is 13.9. The molecular formula is C55H35NO2. The second-order valence-electron chi connectivity index (χ2n) is 15.0. The molecule has 0 amide bonds. The molecule has 2 aromatic heterocycles. The van der Waals surface area contributed by atoms with Crippen LogP contribution in [-0.2, 0) is 0 Å². The van der Waals surface area contributed by atoms with Crippen LogP contribution in [0.15, 0.2) is 211 Å². The van der Waals surface area contributed by atoms with E-state index in [1.165, 1.54) is 27.1 Å². The summed E-state index contributed by atoms with van der Waals surface area (Å²) < 4.78 is 6.71. The van der Waals surface area contributed by atoms with E-state index in [2.05, 4.69) is 133 Å². The second kappa shape index (κ2) is 13.8. The van der Waals surface area contributed by atoms with Crippen molar-refractivity contribution in [2.24, 2.45) is 0 Å². The first kappa shape index (κ1) is 33.7. The number of furan rings is 1. The Hall–Kier alpha value is -7.62. The maximum absolute atomic E-state index is 13.9. The van der Waals surface area contributed by atoms with Gasteiger partial charge < -0.3 is 4.42 Å². The quantitative estimate of drug-likeness (QED) is 0.121. The van der Waals surface area contributed by atoms with Gasteiger partial charge in [-0.3, -0.25) is 4.79 Å². The summed E-state index contributed by atoms with van der Waals surface area (Å²) >= 11 is 0. The van der Waals surface area contributed by atoms with E-state index in [4.69, 9.17) is 9.40 Å². The third kappa shape index (κ3) is 5.67. The highest BCUT2D eigenvalue weighted by molar-refractivity contribution is 6.22. The molecule has 1 unspecified atom stereocenters. The van der Waals surface area contributed by atoms with Gasteiger partial charge >= 0.3 is 0 Å². The number of carbonyl (C=O) groups is 1. The highest BCUT2D eigenvalue weighted by atomic mass is 16.3. The van der Waals surface area contributed by atoms with Crippen LogP contribution in [0.4, 0.5) is 0 Å². The Bertz CT molecular complexity index is 3350. The SMILES string of the molecule is O=C(c1ccccc1)C(c1ccccc1)c1ccc(-c2cccc(-c3nc4ccc(-c5cc6ccccc6c6ccccc56)cc4c4c3oc3ccccc34)c2)cc1. The van der Waals surface area contributed by atoms with Crippen LogP contribution in [0.3, 0.4) is 0 Å². The first-order valence-corrected chi connectivity index (χ1v) is 19.7. The van der Waals surface area contributed by atoms with Crippen LogP contribution in [0.1, 0.15) is 27.4 Å². The second-order valence-corrected chi connectivity index (χ2v) is 15.0. The molecule has 0 N–H and O–H groups in total. The molecule has 0 aliphatic heterocycles. The molecular weight excluding hydrogens is 707 g/mol. The largest absolute Gasteiger partial charge is 0.454 e. The van der Waals surface area contributed by atoms with Gasteiger partial charge in [-0.25, -0.2) is 4.98 Å². The zero-order chi connectivity index (χ0) is 38.6. The number of hydrogen-bond donors (Lipinski definition) is 0. The lowest BCUT2D eigenvalue weighted by Crippen LogP contribution is -2.14. The van der Waals surface area contributed by atoms with Crippen molar-refractivity contribution in [2.75, 3.05) is 0 Å². The van der Waals surface area contributed by atoms with E-state index in [9.17, 15) is 4.79 Å². The van der Waals surface area contributed by atoms with Crippen molar-refractivity contribution in [3.05, 3.63) is 223 Å². The summed E-state index contributed by atoms with van der Waals surface area (Å²) in [6.07, 6.45) is 0. The molecule has 3 nitrogen and oxygen atoms in total. The Morgan fingerprint density at radius 3 is 1.90 bits per heavy atom. The molecule has 0 saturated heterocycles. The molecule has 3 heteroatoms. The molecule has 0 fully saturated rings. The van der Waals surface area contributed by atoms with Gasteiger partial charge in [-0.05, 0) is 85.3 Å². The Morgan fingerprint density at radius 2 is 1.09 bits per heavy atom. The van der Waals surface area contributed by atoms with Crippen molar-refractivity contribution in [2.45, 2.75) is 5.92 Å². The molecule has 0 aliphatic rings. The Kier molecular flexibility index (Phi) is 8.04. The van der Waals surface area contributed by atoms with E-state index < -0.39 is 5.92 Å². The summed E-state index contributed by atoms with van der Waals surface area (Å²) in [5.41, 5.74) is 11.4. The summed E-state index contributed by atoms with van der Waals surface area (Å²) in [7, 11) is 0. The summed E-state index contributed by atoms with van der Waals surface area (Å²) in [5.74, 6) is -0.330. The van der Waals surface area contributed by atoms with E-state index in [-0.39, 0.29) is 5.78 Å². The first-order chi connectivity index (χ1) is 28.7. The Balaban J connectivity index is 1.02. The molecule has 272 valence electrons.